The topological polar surface area (TPSA) is 111 Å². The molecule has 0 aliphatic heterocycles. The Kier molecular flexibility index (Phi) is 39.8. The molecular formula is C48H92NO8P. The van der Waals surface area contributed by atoms with Gasteiger partial charge in [0.25, 0.3) is 7.82 Å². The molecule has 0 amide bonds. The number of nitrogens with zero attached hydrogens (tertiary/aromatic N) is 1. The molecule has 0 aliphatic rings. The zero-order valence-electron chi connectivity index (χ0n) is 38.5. The molecule has 342 valence electrons. The van der Waals surface area contributed by atoms with Gasteiger partial charge in [-0.3, -0.25) is 14.2 Å². The van der Waals surface area contributed by atoms with Gasteiger partial charge < -0.3 is 27.9 Å². The maximum atomic E-state index is 12.7. The number of ether oxygens (including phenoxy) is 2. The minimum atomic E-state index is -4.63. The Labute approximate surface area is 358 Å². The molecule has 0 heterocycles. The number of quaternary nitrogens is 1. The lowest BCUT2D eigenvalue weighted by Gasteiger charge is -2.28. The van der Waals surface area contributed by atoms with Crippen LogP contribution in [0.4, 0.5) is 0 Å². The van der Waals surface area contributed by atoms with Crippen LogP contribution in [0, 0.1) is 0 Å². The first-order valence-electron chi connectivity index (χ1n) is 24.0. The van der Waals surface area contributed by atoms with E-state index in [-0.39, 0.29) is 26.1 Å². The number of carbonyl (C=O) groups excluding carboxylic acids is 2. The van der Waals surface area contributed by atoms with Crippen LogP contribution in [0.15, 0.2) is 24.3 Å². The van der Waals surface area contributed by atoms with Crippen molar-refractivity contribution in [3.63, 3.8) is 0 Å². The van der Waals surface area contributed by atoms with Crippen molar-refractivity contribution in [3.8, 4) is 0 Å². The third-order valence-electron chi connectivity index (χ3n) is 10.4. The van der Waals surface area contributed by atoms with Crippen LogP contribution in [-0.2, 0) is 32.7 Å². The third kappa shape index (κ3) is 44.1. The summed E-state index contributed by atoms with van der Waals surface area (Å²) in [6.07, 6.45) is 44.9. The molecule has 9 nitrogen and oxygen atoms in total. The molecule has 58 heavy (non-hydrogen) atoms. The van der Waals surface area contributed by atoms with E-state index in [2.05, 4.69) is 38.2 Å². The van der Waals surface area contributed by atoms with Crippen LogP contribution >= 0.6 is 7.82 Å². The van der Waals surface area contributed by atoms with Crippen molar-refractivity contribution in [2.75, 3.05) is 47.5 Å². The van der Waals surface area contributed by atoms with Gasteiger partial charge in [0.15, 0.2) is 6.10 Å². The molecule has 10 heteroatoms. The van der Waals surface area contributed by atoms with Gasteiger partial charge in [0.2, 0.25) is 0 Å². The maximum absolute atomic E-state index is 12.7. The number of allylic oxidation sites excluding steroid dienone is 4. The number of rotatable bonds is 44. The van der Waals surface area contributed by atoms with Crippen LogP contribution < -0.4 is 4.89 Å². The first kappa shape index (κ1) is 56.5. The summed E-state index contributed by atoms with van der Waals surface area (Å²) in [6.45, 7) is 4.23. The SMILES string of the molecule is CCCCCCCCCC/C=C\CCCCCCCC(=O)OC[C@H](COP(=O)([O-])OCC[N+](C)(C)C)OC(=O)CCCCCCC/C=C\CCCCCCCCCC. The first-order valence-corrected chi connectivity index (χ1v) is 25.5. The second kappa shape index (κ2) is 40.9. The summed E-state index contributed by atoms with van der Waals surface area (Å²) in [4.78, 5) is 37.6. The van der Waals surface area contributed by atoms with Crippen LogP contribution in [0.25, 0.3) is 0 Å². The molecule has 1 unspecified atom stereocenters. The van der Waals surface area contributed by atoms with E-state index in [1.807, 2.05) is 21.1 Å². The number of unbranched alkanes of at least 4 members (excludes halogenated alkanes) is 26. The minimum Gasteiger partial charge on any atom is -0.756 e. The standard InChI is InChI=1S/C48H92NO8P/c1-6-8-10-12-14-16-18-20-22-24-26-28-30-32-34-36-38-40-47(50)54-44-46(45-56-58(52,53)55-43-42-49(3,4)5)57-48(51)41-39-37-35-33-31-29-27-25-23-21-19-17-15-13-11-9-7-2/h24-27,46H,6-23,28-45H2,1-5H3/b26-24-,27-25-/t46-/m1/s1. The quantitative estimate of drug-likeness (QED) is 0.0196. The van der Waals surface area contributed by atoms with E-state index in [1.165, 1.54) is 116 Å². The van der Waals surface area contributed by atoms with Crippen molar-refractivity contribution in [2.24, 2.45) is 0 Å². The lowest BCUT2D eigenvalue weighted by molar-refractivity contribution is -0.870. The molecule has 0 aromatic heterocycles. The molecule has 0 rings (SSSR count). The van der Waals surface area contributed by atoms with E-state index in [1.54, 1.807) is 0 Å². The van der Waals surface area contributed by atoms with Crippen LogP contribution in [0.3, 0.4) is 0 Å². The molecule has 0 aromatic carbocycles. The smallest absolute Gasteiger partial charge is 0.306 e. The largest absolute Gasteiger partial charge is 0.756 e. The minimum absolute atomic E-state index is 0.0324. The molecule has 0 bridgehead atoms. The average Bonchev–Trinajstić information content (AvgIpc) is 3.17. The second-order valence-electron chi connectivity index (χ2n) is 17.5. The average molecular weight is 842 g/mol. The molecule has 0 radical (unpaired) electrons. The van der Waals surface area contributed by atoms with E-state index in [0.29, 0.717) is 17.4 Å². The second-order valence-corrected chi connectivity index (χ2v) is 18.9. The Balaban J connectivity index is 4.32. The van der Waals surface area contributed by atoms with Gasteiger partial charge in [-0.2, -0.15) is 0 Å². The molecule has 0 spiro atoms. The number of likely N-dealkylation sites (N-methyl/N-ethyl adjacent to an activating group) is 1. The number of phosphoric ester groups is 1. The van der Waals surface area contributed by atoms with E-state index in [0.717, 1.165) is 70.6 Å². The summed E-state index contributed by atoms with van der Waals surface area (Å²) in [6, 6.07) is 0. The van der Waals surface area contributed by atoms with Gasteiger partial charge in [-0.25, -0.2) is 0 Å². The lowest BCUT2D eigenvalue weighted by Crippen LogP contribution is -2.37. The highest BCUT2D eigenvalue weighted by molar-refractivity contribution is 7.45. The number of hydrogen-bond acceptors (Lipinski definition) is 8. The highest BCUT2D eigenvalue weighted by Crippen LogP contribution is 2.38. The van der Waals surface area contributed by atoms with Gasteiger partial charge in [-0.15, -0.1) is 0 Å². The van der Waals surface area contributed by atoms with Gasteiger partial charge in [-0.1, -0.05) is 167 Å². The molecule has 0 fully saturated rings. The number of hydrogen-bond donors (Lipinski definition) is 0. The summed E-state index contributed by atoms with van der Waals surface area (Å²) < 4.78 is 34.0. The van der Waals surface area contributed by atoms with Gasteiger partial charge in [0.05, 0.1) is 27.7 Å². The van der Waals surface area contributed by atoms with Crippen molar-refractivity contribution in [2.45, 2.75) is 225 Å². The Hall–Kier alpha value is -1.51. The van der Waals surface area contributed by atoms with Gasteiger partial charge in [0, 0.05) is 12.8 Å². The molecule has 0 saturated carbocycles. The molecule has 0 aromatic rings. The number of carbonyl (C=O) groups is 2. The van der Waals surface area contributed by atoms with E-state index >= 15 is 0 Å². The van der Waals surface area contributed by atoms with E-state index < -0.39 is 32.5 Å². The van der Waals surface area contributed by atoms with Crippen LogP contribution in [0.1, 0.15) is 219 Å². The highest BCUT2D eigenvalue weighted by atomic mass is 31.2. The zero-order chi connectivity index (χ0) is 42.8. The zero-order valence-corrected chi connectivity index (χ0v) is 39.4. The van der Waals surface area contributed by atoms with Crippen molar-refractivity contribution < 1.29 is 42.1 Å². The Morgan fingerprint density at radius 1 is 0.517 bits per heavy atom. The number of esters is 2. The predicted molar refractivity (Wildman–Crippen MR) is 241 cm³/mol. The Morgan fingerprint density at radius 3 is 1.28 bits per heavy atom. The normalized spacial score (nSPS) is 13.7. The summed E-state index contributed by atoms with van der Waals surface area (Å²) in [5.41, 5.74) is 0. The third-order valence-corrected chi connectivity index (χ3v) is 11.4. The van der Waals surface area contributed by atoms with Gasteiger partial charge in [0.1, 0.15) is 19.8 Å². The Bertz CT molecular complexity index is 1040. The van der Waals surface area contributed by atoms with Crippen molar-refractivity contribution in [1.29, 1.82) is 0 Å². The summed E-state index contributed by atoms with van der Waals surface area (Å²) in [5, 5.41) is 0. The fraction of sp³-hybridized carbons (Fsp3) is 0.875. The highest BCUT2D eigenvalue weighted by Gasteiger charge is 2.21. The predicted octanol–water partition coefficient (Wildman–Crippen LogP) is 13.3. The first-order chi connectivity index (χ1) is 28.0. The van der Waals surface area contributed by atoms with Gasteiger partial charge >= 0.3 is 11.9 Å². The molecule has 2 atom stereocenters. The number of phosphoric acid groups is 1. The fourth-order valence-electron chi connectivity index (χ4n) is 6.64. The molecule has 0 aliphatic carbocycles. The van der Waals surface area contributed by atoms with E-state index in [9.17, 15) is 19.0 Å². The Morgan fingerprint density at radius 2 is 0.879 bits per heavy atom. The molecular weight excluding hydrogens is 750 g/mol. The van der Waals surface area contributed by atoms with Crippen molar-refractivity contribution >= 4 is 19.8 Å². The summed E-state index contributed by atoms with van der Waals surface area (Å²) in [5.74, 6) is -0.847. The molecule has 0 N–H and O–H groups in total. The van der Waals surface area contributed by atoms with Crippen molar-refractivity contribution in [3.05, 3.63) is 24.3 Å². The van der Waals surface area contributed by atoms with Crippen molar-refractivity contribution in [1.82, 2.24) is 0 Å². The lowest BCUT2D eigenvalue weighted by atomic mass is 10.1. The van der Waals surface area contributed by atoms with Gasteiger partial charge in [-0.05, 0) is 64.2 Å². The molecule has 0 saturated heterocycles. The van der Waals surface area contributed by atoms with Crippen LogP contribution in [0.5, 0.6) is 0 Å². The van der Waals surface area contributed by atoms with Crippen LogP contribution in [-0.4, -0.2) is 70.0 Å². The van der Waals surface area contributed by atoms with Crippen LogP contribution in [0.2, 0.25) is 0 Å². The summed E-state index contributed by atoms with van der Waals surface area (Å²) in [7, 11) is 1.16. The fourth-order valence-corrected chi connectivity index (χ4v) is 7.37. The monoisotopic (exact) mass is 842 g/mol. The van der Waals surface area contributed by atoms with E-state index in [4.69, 9.17) is 18.5 Å². The maximum Gasteiger partial charge on any atom is 0.306 e. The summed E-state index contributed by atoms with van der Waals surface area (Å²) >= 11 is 0.